The first-order chi connectivity index (χ1) is 9.60. The van der Waals surface area contributed by atoms with Crippen molar-refractivity contribution in [2.45, 2.75) is 13.5 Å². The maximum Gasteiger partial charge on any atom is 0.323 e. The van der Waals surface area contributed by atoms with Gasteiger partial charge in [0, 0.05) is 6.54 Å². The van der Waals surface area contributed by atoms with Crippen LogP contribution in [0.15, 0.2) is 17.5 Å². The fraction of sp³-hybridized carbons (Fsp3) is 0.364. The largest absolute Gasteiger partial charge is 0.480 e. The quantitative estimate of drug-likeness (QED) is 0.824. The van der Waals surface area contributed by atoms with E-state index in [9.17, 15) is 9.59 Å². The molecule has 0 aliphatic carbocycles. The van der Waals surface area contributed by atoms with E-state index in [2.05, 4.69) is 15.4 Å². The molecule has 1 amide bonds. The van der Waals surface area contributed by atoms with E-state index in [-0.39, 0.29) is 19.0 Å². The molecule has 0 aliphatic rings. The van der Waals surface area contributed by atoms with Crippen LogP contribution in [0, 0.1) is 0 Å². The lowest BCUT2D eigenvalue weighted by Crippen LogP contribution is -2.38. The van der Waals surface area contributed by atoms with E-state index in [1.165, 1.54) is 21.0 Å². The molecule has 1 N–H and O–H groups in total. The Labute approximate surface area is 118 Å². The summed E-state index contributed by atoms with van der Waals surface area (Å²) < 4.78 is 0. The number of likely N-dealkylation sites (N-methyl/N-ethyl adjacent to an activating group) is 1. The molecule has 0 radical (unpaired) electrons. The first-order valence-corrected chi connectivity index (χ1v) is 6.79. The highest BCUT2D eigenvalue weighted by molar-refractivity contribution is 7.13. The SMILES string of the molecule is CCN(CC(=O)O)C(=O)Cn1nnc(-c2cccs2)n1. The Kier molecular flexibility index (Phi) is 4.41. The fourth-order valence-electron chi connectivity index (χ4n) is 1.58. The van der Waals surface area contributed by atoms with Crippen molar-refractivity contribution in [2.24, 2.45) is 0 Å². The van der Waals surface area contributed by atoms with Gasteiger partial charge in [0.25, 0.3) is 0 Å². The third-order valence-electron chi connectivity index (χ3n) is 2.53. The third-order valence-corrected chi connectivity index (χ3v) is 3.40. The second-order valence-corrected chi connectivity index (χ2v) is 4.87. The summed E-state index contributed by atoms with van der Waals surface area (Å²) in [6.07, 6.45) is 0. The Bertz CT molecular complexity index is 595. The summed E-state index contributed by atoms with van der Waals surface area (Å²) in [7, 11) is 0. The van der Waals surface area contributed by atoms with Crippen molar-refractivity contribution >= 4 is 23.2 Å². The van der Waals surface area contributed by atoms with Crippen molar-refractivity contribution in [2.75, 3.05) is 13.1 Å². The molecule has 0 fully saturated rings. The van der Waals surface area contributed by atoms with Crippen molar-refractivity contribution in [3.8, 4) is 10.7 Å². The second-order valence-electron chi connectivity index (χ2n) is 3.92. The van der Waals surface area contributed by atoms with Crippen LogP contribution < -0.4 is 0 Å². The van der Waals surface area contributed by atoms with E-state index in [0.29, 0.717) is 12.4 Å². The highest BCUT2D eigenvalue weighted by Crippen LogP contribution is 2.19. The van der Waals surface area contributed by atoms with Crippen molar-refractivity contribution in [3.05, 3.63) is 17.5 Å². The summed E-state index contributed by atoms with van der Waals surface area (Å²) in [5.74, 6) is -0.954. The number of aromatic nitrogens is 4. The van der Waals surface area contributed by atoms with E-state index in [4.69, 9.17) is 5.11 Å². The molecule has 8 nitrogen and oxygen atoms in total. The minimum Gasteiger partial charge on any atom is -0.480 e. The lowest BCUT2D eigenvalue weighted by Gasteiger charge is -2.17. The van der Waals surface area contributed by atoms with Gasteiger partial charge in [0.1, 0.15) is 13.1 Å². The maximum absolute atomic E-state index is 11.9. The van der Waals surface area contributed by atoms with Gasteiger partial charge in [-0.05, 0) is 23.6 Å². The average molecular weight is 295 g/mol. The van der Waals surface area contributed by atoms with Gasteiger partial charge < -0.3 is 10.0 Å². The van der Waals surface area contributed by atoms with Crippen LogP contribution in [0.2, 0.25) is 0 Å². The average Bonchev–Trinajstić information content (AvgIpc) is 3.05. The molecule has 0 spiro atoms. The van der Waals surface area contributed by atoms with Gasteiger partial charge in [0.05, 0.1) is 4.88 Å². The summed E-state index contributed by atoms with van der Waals surface area (Å²) in [6, 6.07) is 3.73. The molecule has 0 aliphatic heterocycles. The van der Waals surface area contributed by atoms with Crippen LogP contribution in [0.1, 0.15) is 6.92 Å². The molecule has 2 aromatic heterocycles. The number of rotatable bonds is 6. The van der Waals surface area contributed by atoms with Crippen molar-refractivity contribution < 1.29 is 14.7 Å². The smallest absolute Gasteiger partial charge is 0.323 e. The third kappa shape index (κ3) is 3.38. The molecule has 2 aromatic rings. The minimum atomic E-state index is -1.05. The number of amides is 1. The first-order valence-electron chi connectivity index (χ1n) is 5.91. The summed E-state index contributed by atoms with van der Waals surface area (Å²) in [6.45, 7) is 1.58. The number of carbonyl (C=O) groups is 2. The number of carboxylic acids is 1. The molecule has 2 heterocycles. The number of hydrogen-bond donors (Lipinski definition) is 1. The summed E-state index contributed by atoms with van der Waals surface area (Å²) in [5, 5.41) is 22.4. The second kappa shape index (κ2) is 6.24. The van der Waals surface area contributed by atoms with Gasteiger partial charge in [-0.2, -0.15) is 4.80 Å². The molecule has 9 heteroatoms. The predicted octanol–water partition coefficient (Wildman–Crippen LogP) is 0.335. The molecule has 2 rings (SSSR count). The summed E-state index contributed by atoms with van der Waals surface area (Å²) in [4.78, 5) is 25.8. The van der Waals surface area contributed by atoms with Crippen molar-refractivity contribution in [3.63, 3.8) is 0 Å². The highest BCUT2D eigenvalue weighted by atomic mass is 32.1. The number of carbonyl (C=O) groups excluding carboxylic acids is 1. The molecule has 0 unspecified atom stereocenters. The number of carboxylic acid groups (broad SMARTS) is 1. The van der Waals surface area contributed by atoms with E-state index in [1.807, 2.05) is 17.5 Å². The number of hydrogen-bond acceptors (Lipinski definition) is 6. The van der Waals surface area contributed by atoms with Crippen molar-refractivity contribution in [1.29, 1.82) is 0 Å². The van der Waals surface area contributed by atoms with Crippen LogP contribution in [-0.2, 0) is 16.1 Å². The fourth-order valence-corrected chi connectivity index (χ4v) is 2.22. The molecule has 0 atom stereocenters. The van der Waals surface area contributed by atoms with E-state index in [1.54, 1.807) is 6.92 Å². The van der Waals surface area contributed by atoms with Crippen LogP contribution >= 0.6 is 11.3 Å². The lowest BCUT2D eigenvalue weighted by atomic mass is 10.4. The van der Waals surface area contributed by atoms with Gasteiger partial charge in [0.15, 0.2) is 0 Å². The monoisotopic (exact) mass is 295 g/mol. The minimum absolute atomic E-state index is 0.126. The Hall–Kier alpha value is -2.29. The molecule has 0 bridgehead atoms. The normalized spacial score (nSPS) is 10.4. The van der Waals surface area contributed by atoms with E-state index >= 15 is 0 Å². The molecule has 20 heavy (non-hydrogen) atoms. The Morgan fingerprint density at radius 3 is 2.90 bits per heavy atom. The predicted molar refractivity (Wildman–Crippen MR) is 71.0 cm³/mol. The van der Waals surface area contributed by atoms with Gasteiger partial charge in [-0.3, -0.25) is 9.59 Å². The number of nitrogens with zero attached hydrogens (tertiary/aromatic N) is 5. The molecular formula is C11H13N5O3S. The van der Waals surface area contributed by atoms with E-state index < -0.39 is 5.97 Å². The number of thiophene rings is 1. The van der Waals surface area contributed by atoms with Crippen LogP contribution in [0.4, 0.5) is 0 Å². The molecule has 0 aromatic carbocycles. The number of aliphatic carboxylic acids is 1. The zero-order chi connectivity index (χ0) is 14.5. The molecular weight excluding hydrogens is 282 g/mol. The molecule has 0 saturated carbocycles. The van der Waals surface area contributed by atoms with Crippen molar-refractivity contribution in [1.82, 2.24) is 25.1 Å². The van der Waals surface area contributed by atoms with Gasteiger partial charge in [0.2, 0.25) is 11.7 Å². The summed E-state index contributed by atoms with van der Waals surface area (Å²) in [5.41, 5.74) is 0. The van der Waals surface area contributed by atoms with Crippen LogP contribution in [0.5, 0.6) is 0 Å². The Balaban J connectivity index is 2.02. The van der Waals surface area contributed by atoms with Crippen LogP contribution in [-0.4, -0.2) is 55.2 Å². The van der Waals surface area contributed by atoms with Crippen LogP contribution in [0.3, 0.4) is 0 Å². The zero-order valence-electron chi connectivity index (χ0n) is 10.8. The van der Waals surface area contributed by atoms with Gasteiger partial charge in [-0.1, -0.05) is 6.07 Å². The van der Waals surface area contributed by atoms with E-state index in [0.717, 1.165) is 4.88 Å². The lowest BCUT2D eigenvalue weighted by molar-refractivity contribution is -0.144. The Morgan fingerprint density at radius 1 is 1.50 bits per heavy atom. The summed E-state index contributed by atoms with van der Waals surface area (Å²) >= 11 is 1.48. The standard InChI is InChI=1S/C11H13N5O3S/c1-2-15(7-10(18)19)9(17)6-16-13-11(12-14-16)8-4-3-5-20-8/h3-5H,2,6-7H2,1H3,(H,18,19). The van der Waals surface area contributed by atoms with Crippen LogP contribution in [0.25, 0.3) is 10.7 Å². The molecule has 0 saturated heterocycles. The van der Waals surface area contributed by atoms with Gasteiger partial charge >= 0.3 is 5.97 Å². The first kappa shape index (κ1) is 14.1. The Morgan fingerprint density at radius 2 is 2.30 bits per heavy atom. The molecule has 106 valence electrons. The zero-order valence-corrected chi connectivity index (χ0v) is 11.6. The maximum atomic E-state index is 11.9. The highest BCUT2D eigenvalue weighted by Gasteiger charge is 2.17. The van der Waals surface area contributed by atoms with Gasteiger partial charge in [-0.15, -0.1) is 21.5 Å². The topological polar surface area (TPSA) is 101 Å². The van der Waals surface area contributed by atoms with Gasteiger partial charge in [-0.25, -0.2) is 0 Å². The number of tetrazole rings is 1.